The van der Waals surface area contributed by atoms with Crippen molar-refractivity contribution in [2.24, 2.45) is 0 Å². The van der Waals surface area contributed by atoms with Gasteiger partial charge in [-0.25, -0.2) is 13.4 Å². The lowest BCUT2D eigenvalue weighted by Crippen LogP contribution is -2.52. The van der Waals surface area contributed by atoms with Gasteiger partial charge >= 0.3 is 0 Å². The molecule has 0 amide bonds. The summed E-state index contributed by atoms with van der Waals surface area (Å²) >= 11 is 6.57. The first-order chi connectivity index (χ1) is 23.2. The number of anilines is 5. The third-order valence-corrected chi connectivity index (χ3v) is 12.2. The van der Waals surface area contributed by atoms with E-state index in [0.29, 0.717) is 58.7 Å². The second kappa shape index (κ2) is 13.6. The molecule has 0 bridgehead atoms. The Morgan fingerprint density at radius 1 is 0.938 bits per heavy atom. The minimum Gasteiger partial charge on any atom is -0.494 e. The van der Waals surface area contributed by atoms with Crippen molar-refractivity contribution >= 4 is 61.3 Å². The highest BCUT2D eigenvalue weighted by atomic mass is 35.5. The molecule has 0 unspecified atom stereocenters. The number of hydrogen-bond donors (Lipinski definition) is 2. The zero-order chi connectivity index (χ0) is 33.4. The van der Waals surface area contributed by atoms with E-state index in [0.717, 1.165) is 63.4 Å². The number of sulfone groups is 1. The van der Waals surface area contributed by atoms with Gasteiger partial charge in [-0.1, -0.05) is 11.6 Å². The summed E-state index contributed by atoms with van der Waals surface area (Å²) in [6.07, 6.45) is 8.35. The van der Waals surface area contributed by atoms with Crippen molar-refractivity contribution in [3.8, 4) is 5.75 Å². The number of aromatic nitrogens is 4. The van der Waals surface area contributed by atoms with Crippen molar-refractivity contribution in [3.05, 3.63) is 59.0 Å². The summed E-state index contributed by atoms with van der Waals surface area (Å²) in [5.41, 5.74) is 5.26. The lowest BCUT2D eigenvalue weighted by atomic mass is 10.0. The van der Waals surface area contributed by atoms with Gasteiger partial charge in [-0.3, -0.25) is 14.9 Å². The van der Waals surface area contributed by atoms with Gasteiger partial charge < -0.3 is 25.2 Å². The van der Waals surface area contributed by atoms with E-state index in [1.807, 2.05) is 0 Å². The molecular formula is C34H42ClN9O3S. The van der Waals surface area contributed by atoms with Gasteiger partial charge in [0.15, 0.2) is 15.7 Å². The summed E-state index contributed by atoms with van der Waals surface area (Å²) in [5, 5.41) is 6.55. The van der Waals surface area contributed by atoms with Crippen molar-refractivity contribution in [2.45, 2.75) is 49.7 Å². The molecule has 1 aliphatic carbocycles. The minimum absolute atomic E-state index is 0.153. The third-order valence-electron chi connectivity index (χ3n) is 9.74. The number of methoxy groups -OCH3 is 1. The number of piperazine rings is 1. The first-order valence-corrected chi connectivity index (χ1v) is 18.6. The van der Waals surface area contributed by atoms with Crippen molar-refractivity contribution in [1.29, 1.82) is 0 Å². The lowest BCUT2D eigenvalue weighted by molar-refractivity contribution is 0.0982. The maximum absolute atomic E-state index is 13.1. The fourth-order valence-corrected chi connectivity index (χ4v) is 8.73. The zero-order valence-electron chi connectivity index (χ0n) is 27.6. The second-order valence-electron chi connectivity index (χ2n) is 13.1. The smallest absolute Gasteiger partial charge is 0.229 e. The summed E-state index contributed by atoms with van der Waals surface area (Å²) < 4.78 is 32.0. The van der Waals surface area contributed by atoms with Crippen LogP contribution in [-0.2, 0) is 15.6 Å². The molecule has 0 atom stereocenters. The molecule has 0 spiro atoms. The Hall–Kier alpha value is -3.78. The number of aryl methyl sites for hydroxylation is 1. The van der Waals surface area contributed by atoms with E-state index in [1.54, 1.807) is 31.6 Å². The number of piperidine rings is 1. The highest BCUT2D eigenvalue weighted by Crippen LogP contribution is 2.38. The van der Waals surface area contributed by atoms with Crippen LogP contribution < -0.4 is 20.3 Å². The molecule has 2 aromatic carbocycles. The Balaban J connectivity index is 1.10. The van der Waals surface area contributed by atoms with E-state index >= 15 is 0 Å². The van der Waals surface area contributed by atoms with Gasteiger partial charge in [-0.15, -0.1) is 0 Å². The largest absolute Gasteiger partial charge is 0.494 e. The fraction of sp³-hybridized carbons (Fsp3) is 0.471. The average molecular weight is 692 g/mol. The molecule has 3 fully saturated rings. The number of rotatable bonds is 10. The van der Waals surface area contributed by atoms with Crippen molar-refractivity contribution < 1.29 is 13.2 Å². The van der Waals surface area contributed by atoms with Gasteiger partial charge in [0, 0.05) is 80.7 Å². The van der Waals surface area contributed by atoms with Gasteiger partial charge in [-0.2, -0.15) is 4.98 Å². The van der Waals surface area contributed by atoms with E-state index in [4.69, 9.17) is 16.3 Å². The highest BCUT2D eigenvalue weighted by molar-refractivity contribution is 7.91. The van der Waals surface area contributed by atoms with Crippen LogP contribution in [0.4, 0.5) is 28.8 Å². The predicted octanol–water partition coefficient (Wildman–Crippen LogP) is 5.17. The standard InChI is InChI=1S/C34H42ClN9O3S/c1-22-18-29(31(47-3)19-30(22)44-12-8-23(9-13-44)43-16-14-42(2)15-17-43)40-34-38-20-26(35)33(41-34)39-27-6-7-28-32(37-11-10-36-28)25(27)21-48(45,46)24-4-5-24/h6-7,10-11,18-20,23-24H,4-5,8-9,12-17,21H2,1-3H3,(H2,38,39,40,41). The fourth-order valence-electron chi connectivity index (χ4n) is 6.81. The molecule has 2 N–H and O–H groups in total. The van der Waals surface area contributed by atoms with Crippen LogP contribution in [0.5, 0.6) is 5.75 Å². The highest BCUT2D eigenvalue weighted by Gasteiger charge is 2.36. The van der Waals surface area contributed by atoms with Crippen LogP contribution in [0.25, 0.3) is 11.0 Å². The SMILES string of the molecule is COc1cc(N2CCC(N3CCN(C)CC3)CC2)c(C)cc1Nc1ncc(Cl)c(Nc2ccc3nccnc3c2CS(=O)(=O)C2CC2)n1. The first-order valence-electron chi connectivity index (χ1n) is 16.6. The molecule has 2 aliphatic heterocycles. The van der Waals surface area contributed by atoms with Gasteiger partial charge in [-0.05, 0) is 63.4 Å². The molecule has 4 aromatic rings. The second-order valence-corrected chi connectivity index (χ2v) is 15.7. The van der Waals surface area contributed by atoms with Crippen LogP contribution in [-0.4, -0.2) is 103 Å². The molecule has 2 saturated heterocycles. The summed E-state index contributed by atoms with van der Waals surface area (Å²) in [6.45, 7) is 8.72. The zero-order valence-corrected chi connectivity index (χ0v) is 29.2. The van der Waals surface area contributed by atoms with Gasteiger partial charge in [0.1, 0.15) is 10.8 Å². The molecule has 48 heavy (non-hydrogen) atoms. The molecule has 7 rings (SSSR count). The number of hydrogen-bond acceptors (Lipinski definition) is 12. The van der Waals surface area contributed by atoms with Crippen LogP contribution in [0.15, 0.2) is 42.9 Å². The van der Waals surface area contributed by atoms with E-state index in [9.17, 15) is 8.42 Å². The quantitative estimate of drug-likeness (QED) is 0.228. The summed E-state index contributed by atoms with van der Waals surface area (Å²) in [6, 6.07) is 8.39. The molecule has 3 aliphatic rings. The number of ether oxygens (including phenoxy) is 1. The van der Waals surface area contributed by atoms with Crippen molar-refractivity contribution in [2.75, 3.05) is 69.0 Å². The van der Waals surface area contributed by atoms with Crippen molar-refractivity contribution in [1.82, 2.24) is 29.7 Å². The number of nitrogens with zero attached hydrogens (tertiary/aromatic N) is 7. The number of benzene rings is 2. The molecule has 14 heteroatoms. The van der Waals surface area contributed by atoms with Crippen LogP contribution >= 0.6 is 11.6 Å². The van der Waals surface area contributed by atoms with Crippen LogP contribution in [0.2, 0.25) is 5.02 Å². The maximum Gasteiger partial charge on any atom is 0.229 e. The predicted molar refractivity (Wildman–Crippen MR) is 191 cm³/mol. The topological polar surface area (TPSA) is 129 Å². The monoisotopic (exact) mass is 691 g/mol. The van der Waals surface area contributed by atoms with E-state index < -0.39 is 9.84 Å². The Labute approximate surface area is 286 Å². The van der Waals surface area contributed by atoms with Gasteiger partial charge in [0.05, 0.1) is 41.0 Å². The summed E-state index contributed by atoms with van der Waals surface area (Å²) in [5.74, 6) is 1.18. The number of likely N-dealkylation sites (N-methyl/N-ethyl adjacent to an activating group) is 1. The molecule has 254 valence electrons. The van der Waals surface area contributed by atoms with Gasteiger partial charge in [0.2, 0.25) is 5.95 Å². The number of halogens is 1. The molecular weight excluding hydrogens is 650 g/mol. The maximum atomic E-state index is 13.1. The molecule has 1 saturated carbocycles. The first kappa shape index (κ1) is 32.8. The summed E-state index contributed by atoms with van der Waals surface area (Å²) in [7, 11) is 0.518. The van der Waals surface area contributed by atoms with Crippen LogP contribution in [0.1, 0.15) is 36.8 Å². The normalized spacial score (nSPS) is 18.3. The van der Waals surface area contributed by atoms with Crippen molar-refractivity contribution in [3.63, 3.8) is 0 Å². The minimum atomic E-state index is -3.35. The molecule has 0 radical (unpaired) electrons. The van der Waals surface area contributed by atoms with Crippen LogP contribution in [0.3, 0.4) is 0 Å². The Morgan fingerprint density at radius 2 is 1.69 bits per heavy atom. The third kappa shape index (κ3) is 7.00. The number of fused-ring (bicyclic) bond motifs is 1. The molecule has 2 aromatic heterocycles. The molecule has 12 nitrogen and oxygen atoms in total. The number of nitrogens with one attached hydrogen (secondary N) is 2. The van der Waals surface area contributed by atoms with E-state index in [1.165, 1.54) is 11.9 Å². The average Bonchev–Trinajstić information content (AvgIpc) is 3.95. The Bertz CT molecular complexity index is 1910. The molecule has 4 heterocycles. The summed E-state index contributed by atoms with van der Waals surface area (Å²) in [4.78, 5) is 25.5. The lowest BCUT2D eigenvalue weighted by Gasteiger charge is -2.43. The van der Waals surface area contributed by atoms with E-state index in [2.05, 4.69) is 71.4 Å². The Kier molecular flexibility index (Phi) is 9.29. The van der Waals surface area contributed by atoms with Crippen LogP contribution in [0, 0.1) is 6.92 Å². The van der Waals surface area contributed by atoms with Gasteiger partial charge in [0.25, 0.3) is 0 Å². The van der Waals surface area contributed by atoms with E-state index in [-0.39, 0.29) is 16.0 Å². The Morgan fingerprint density at radius 3 is 2.42 bits per heavy atom.